The molecule has 1 aliphatic rings. The quantitative estimate of drug-likeness (QED) is 0.613. The molecule has 2 heterocycles. The molecular formula is C19H21NO6. The van der Waals surface area contributed by atoms with Gasteiger partial charge in [-0.3, -0.25) is 4.79 Å². The minimum atomic E-state index is -0.584. The molecule has 0 saturated carbocycles. The molecule has 1 amide bonds. The molecule has 0 aliphatic carbocycles. The second-order valence-corrected chi connectivity index (χ2v) is 6.42. The maximum atomic E-state index is 12.6. The molecule has 1 aromatic heterocycles. The van der Waals surface area contributed by atoms with E-state index in [0.29, 0.717) is 17.9 Å². The van der Waals surface area contributed by atoms with Gasteiger partial charge in [-0.25, -0.2) is 9.59 Å². The Bertz CT molecular complexity index is 874. The van der Waals surface area contributed by atoms with E-state index >= 15 is 0 Å². The summed E-state index contributed by atoms with van der Waals surface area (Å²) in [5, 5.41) is 0.763. The van der Waals surface area contributed by atoms with Crippen LogP contribution < -0.4 is 10.4 Å². The van der Waals surface area contributed by atoms with Crippen molar-refractivity contribution in [2.24, 2.45) is 5.92 Å². The predicted molar refractivity (Wildman–Crippen MR) is 93.9 cm³/mol. The van der Waals surface area contributed by atoms with E-state index in [9.17, 15) is 14.4 Å². The predicted octanol–water partition coefficient (Wildman–Crippen LogP) is 1.97. The first kappa shape index (κ1) is 18.0. The summed E-state index contributed by atoms with van der Waals surface area (Å²) in [4.78, 5) is 37.5. The lowest BCUT2D eigenvalue weighted by Crippen LogP contribution is -2.53. The van der Waals surface area contributed by atoms with E-state index in [2.05, 4.69) is 0 Å². The normalized spacial score (nSPS) is 20.0. The van der Waals surface area contributed by atoms with Crippen LogP contribution in [0.4, 0.5) is 0 Å². The van der Waals surface area contributed by atoms with Crippen molar-refractivity contribution in [3.63, 3.8) is 0 Å². The Hall–Kier alpha value is -2.83. The second kappa shape index (κ2) is 7.59. The highest BCUT2D eigenvalue weighted by molar-refractivity contribution is 5.86. The molecule has 0 bridgehead atoms. The van der Waals surface area contributed by atoms with Gasteiger partial charge in [0.1, 0.15) is 17.4 Å². The van der Waals surface area contributed by atoms with Crippen molar-refractivity contribution in [3.05, 3.63) is 40.8 Å². The number of rotatable bonds is 4. The summed E-state index contributed by atoms with van der Waals surface area (Å²) in [7, 11) is 1.33. The lowest BCUT2D eigenvalue weighted by molar-refractivity contribution is -0.158. The average Bonchev–Trinajstić information content (AvgIpc) is 2.64. The Morgan fingerprint density at radius 1 is 1.27 bits per heavy atom. The molecule has 0 spiro atoms. The van der Waals surface area contributed by atoms with E-state index in [4.69, 9.17) is 13.9 Å². The van der Waals surface area contributed by atoms with Crippen molar-refractivity contribution in [3.8, 4) is 5.75 Å². The number of carbonyl (C=O) groups excluding carboxylic acids is 2. The number of likely N-dealkylation sites (tertiary alicyclic amines) is 1. The third-order valence-electron chi connectivity index (χ3n) is 4.65. The van der Waals surface area contributed by atoms with Crippen LogP contribution in [-0.2, 0) is 14.3 Å². The SMILES string of the molecule is COC(=O)[C@H]1[C@H](C)CCCN1C(=O)COc1ccc2ccc(=O)oc2c1. The van der Waals surface area contributed by atoms with E-state index in [1.807, 2.05) is 6.92 Å². The van der Waals surface area contributed by atoms with Crippen LogP contribution in [0.5, 0.6) is 5.75 Å². The largest absolute Gasteiger partial charge is 0.484 e. The smallest absolute Gasteiger partial charge is 0.336 e. The summed E-state index contributed by atoms with van der Waals surface area (Å²) in [5.74, 6) is -0.227. The van der Waals surface area contributed by atoms with Crippen LogP contribution in [0.2, 0.25) is 0 Å². The topological polar surface area (TPSA) is 86.0 Å². The number of piperidine rings is 1. The Balaban J connectivity index is 1.71. The molecule has 0 N–H and O–H groups in total. The highest BCUT2D eigenvalue weighted by atomic mass is 16.5. The molecule has 1 fully saturated rings. The Morgan fingerprint density at radius 3 is 2.81 bits per heavy atom. The number of esters is 1. The number of amides is 1. The minimum absolute atomic E-state index is 0.0371. The van der Waals surface area contributed by atoms with Crippen LogP contribution in [0.15, 0.2) is 39.5 Å². The van der Waals surface area contributed by atoms with Gasteiger partial charge in [0.25, 0.3) is 5.91 Å². The molecule has 0 radical (unpaired) electrons. The summed E-state index contributed by atoms with van der Waals surface area (Å²) in [5.41, 5.74) is -0.0598. The van der Waals surface area contributed by atoms with Gasteiger partial charge in [-0.2, -0.15) is 0 Å². The van der Waals surface area contributed by atoms with E-state index < -0.39 is 17.6 Å². The molecule has 2 atom stereocenters. The third-order valence-corrected chi connectivity index (χ3v) is 4.65. The fourth-order valence-electron chi connectivity index (χ4n) is 3.31. The van der Waals surface area contributed by atoms with E-state index in [1.54, 1.807) is 24.3 Å². The van der Waals surface area contributed by atoms with Gasteiger partial charge in [-0.05, 0) is 37.0 Å². The Kier molecular flexibility index (Phi) is 5.25. The molecule has 26 heavy (non-hydrogen) atoms. The molecule has 138 valence electrons. The third kappa shape index (κ3) is 3.71. The van der Waals surface area contributed by atoms with Gasteiger partial charge in [0.2, 0.25) is 0 Å². The first-order valence-corrected chi connectivity index (χ1v) is 8.53. The van der Waals surface area contributed by atoms with Crippen molar-refractivity contribution in [1.82, 2.24) is 4.90 Å². The van der Waals surface area contributed by atoms with Crippen molar-refractivity contribution in [2.45, 2.75) is 25.8 Å². The zero-order valence-corrected chi connectivity index (χ0v) is 14.8. The summed E-state index contributed by atoms with van der Waals surface area (Å²) >= 11 is 0. The number of ether oxygens (including phenoxy) is 2. The minimum Gasteiger partial charge on any atom is -0.484 e. The van der Waals surface area contributed by atoms with E-state index in [1.165, 1.54) is 18.1 Å². The van der Waals surface area contributed by atoms with Gasteiger partial charge in [-0.15, -0.1) is 0 Å². The van der Waals surface area contributed by atoms with Crippen molar-refractivity contribution < 1.29 is 23.5 Å². The van der Waals surface area contributed by atoms with Crippen LogP contribution in [0.1, 0.15) is 19.8 Å². The number of fused-ring (bicyclic) bond motifs is 1. The molecule has 1 saturated heterocycles. The van der Waals surface area contributed by atoms with Crippen LogP contribution in [0.3, 0.4) is 0 Å². The first-order valence-electron chi connectivity index (χ1n) is 8.53. The highest BCUT2D eigenvalue weighted by Gasteiger charge is 2.37. The fourth-order valence-corrected chi connectivity index (χ4v) is 3.31. The molecule has 7 heteroatoms. The van der Waals surface area contributed by atoms with Crippen LogP contribution in [0.25, 0.3) is 11.0 Å². The van der Waals surface area contributed by atoms with Gasteiger partial charge in [0.15, 0.2) is 6.61 Å². The van der Waals surface area contributed by atoms with Gasteiger partial charge >= 0.3 is 11.6 Å². The zero-order valence-electron chi connectivity index (χ0n) is 14.8. The molecule has 1 aromatic carbocycles. The number of benzene rings is 1. The monoisotopic (exact) mass is 359 g/mol. The van der Waals surface area contributed by atoms with Gasteiger partial charge in [0.05, 0.1) is 7.11 Å². The summed E-state index contributed by atoms with van der Waals surface area (Å²) in [6.45, 7) is 2.23. The number of carbonyl (C=O) groups is 2. The van der Waals surface area contributed by atoms with Gasteiger partial charge in [0, 0.05) is 24.1 Å². The summed E-state index contributed by atoms with van der Waals surface area (Å²) < 4.78 is 15.5. The molecule has 3 rings (SSSR count). The molecule has 1 aliphatic heterocycles. The van der Waals surface area contributed by atoms with E-state index in [-0.39, 0.29) is 18.4 Å². The van der Waals surface area contributed by atoms with Crippen molar-refractivity contribution in [1.29, 1.82) is 0 Å². The van der Waals surface area contributed by atoms with Gasteiger partial charge < -0.3 is 18.8 Å². The number of nitrogens with zero attached hydrogens (tertiary/aromatic N) is 1. The number of methoxy groups -OCH3 is 1. The Labute approximate surface area is 150 Å². The van der Waals surface area contributed by atoms with E-state index in [0.717, 1.165) is 18.2 Å². The van der Waals surface area contributed by atoms with Crippen LogP contribution in [0, 0.1) is 5.92 Å². The lowest BCUT2D eigenvalue weighted by atomic mass is 9.90. The highest BCUT2D eigenvalue weighted by Crippen LogP contribution is 2.25. The molecule has 0 unspecified atom stereocenters. The molecule has 2 aromatic rings. The second-order valence-electron chi connectivity index (χ2n) is 6.42. The van der Waals surface area contributed by atoms with Crippen molar-refractivity contribution in [2.75, 3.05) is 20.3 Å². The van der Waals surface area contributed by atoms with Crippen LogP contribution in [-0.4, -0.2) is 43.1 Å². The maximum Gasteiger partial charge on any atom is 0.336 e. The average molecular weight is 359 g/mol. The van der Waals surface area contributed by atoms with Gasteiger partial charge in [-0.1, -0.05) is 6.92 Å². The standard InChI is InChI=1S/C19H21NO6/c1-12-4-3-9-20(18(12)19(23)24-2)16(21)11-25-14-7-5-13-6-8-17(22)26-15(13)10-14/h5-8,10,12,18H,3-4,9,11H2,1-2H3/t12-,18-/m1/s1. The molecule has 7 nitrogen and oxygen atoms in total. The first-order chi connectivity index (χ1) is 12.5. The lowest BCUT2D eigenvalue weighted by Gasteiger charge is -2.37. The summed E-state index contributed by atoms with van der Waals surface area (Å²) in [6, 6.07) is 7.44. The molecular weight excluding hydrogens is 338 g/mol. The number of hydrogen-bond acceptors (Lipinski definition) is 6. The Morgan fingerprint density at radius 2 is 2.04 bits per heavy atom. The fraction of sp³-hybridized carbons (Fsp3) is 0.421. The number of hydrogen-bond donors (Lipinski definition) is 0. The maximum absolute atomic E-state index is 12.6. The van der Waals surface area contributed by atoms with Crippen LogP contribution >= 0.6 is 0 Å². The van der Waals surface area contributed by atoms with Crippen molar-refractivity contribution >= 4 is 22.8 Å². The zero-order chi connectivity index (χ0) is 18.7. The summed E-state index contributed by atoms with van der Waals surface area (Å²) in [6.07, 6.45) is 1.70.